The summed E-state index contributed by atoms with van der Waals surface area (Å²) in [6, 6.07) is 7.87. The summed E-state index contributed by atoms with van der Waals surface area (Å²) in [6.07, 6.45) is 3.23. The van der Waals surface area contributed by atoms with E-state index in [9.17, 15) is 0 Å². The summed E-state index contributed by atoms with van der Waals surface area (Å²) in [6.45, 7) is 0. The second-order valence-corrected chi connectivity index (χ2v) is 3.93. The number of imidazole rings is 1. The maximum Gasteiger partial charge on any atom is 0.205 e. The van der Waals surface area contributed by atoms with Gasteiger partial charge in [0.05, 0.1) is 18.1 Å². The molecule has 1 N–H and O–H groups in total. The van der Waals surface area contributed by atoms with E-state index in [0.29, 0.717) is 17.4 Å². The molecule has 0 saturated heterocycles. The molecule has 2 heterocycles. The zero-order valence-electron chi connectivity index (χ0n) is 10.7. The second-order valence-electron chi connectivity index (χ2n) is 3.93. The van der Waals surface area contributed by atoms with Crippen LogP contribution in [0.3, 0.4) is 0 Å². The van der Waals surface area contributed by atoms with Crippen LogP contribution in [-0.2, 0) is 0 Å². The van der Waals surface area contributed by atoms with Crippen molar-refractivity contribution in [1.29, 1.82) is 0 Å². The van der Waals surface area contributed by atoms with Crippen molar-refractivity contribution in [3.8, 4) is 11.6 Å². The van der Waals surface area contributed by atoms with Crippen molar-refractivity contribution in [2.45, 2.75) is 0 Å². The van der Waals surface area contributed by atoms with Gasteiger partial charge in [-0.15, -0.1) is 0 Å². The minimum absolute atomic E-state index is 0.591. The summed E-state index contributed by atoms with van der Waals surface area (Å²) in [7, 11) is 3.39. The molecule has 6 nitrogen and oxygen atoms in total. The van der Waals surface area contributed by atoms with Gasteiger partial charge in [0.25, 0.3) is 0 Å². The summed E-state index contributed by atoms with van der Waals surface area (Å²) in [5, 5.41) is 2.99. The van der Waals surface area contributed by atoms with Crippen molar-refractivity contribution < 1.29 is 4.74 Å². The topological polar surface area (TPSA) is 64.9 Å². The van der Waals surface area contributed by atoms with Gasteiger partial charge in [-0.05, 0) is 12.1 Å². The van der Waals surface area contributed by atoms with Crippen LogP contribution in [-0.4, -0.2) is 33.7 Å². The largest absolute Gasteiger partial charge is 0.490 e. The van der Waals surface area contributed by atoms with Crippen LogP contribution < -0.4 is 10.1 Å². The van der Waals surface area contributed by atoms with E-state index >= 15 is 0 Å². The fourth-order valence-corrected chi connectivity index (χ4v) is 2.03. The first-order valence-corrected chi connectivity index (χ1v) is 5.84. The fraction of sp³-hybridized carbons (Fsp3) is 0.154. The standard InChI is InChI=1S/C13H13N5O/c1-14-12-11(19-2)13(16-7-15-12)18-8-17-9-5-3-4-6-10(9)18/h3-8H,1-2H3,(H,14,15,16). The first-order chi connectivity index (χ1) is 9.35. The molecular formula is C13H13N5O. The molecule has 0 saturated carbocycles. The zero-order chi connectivity index (χ0) is 13.2. The van der Waals surface area contributed by atoms with Crippen LogP contribution in [0, 0.1) is 0 Å². The predicted octanol–water partition coefficient (Wildman–Crippen LogP) is 1.87. The molecule has 0 fully saturated rings. The average molecular weight is 255 g/mol. The van der Waals surface area contributed by atoms with Gasteiger partial charge in [-0.25, -0.2) is 15.0 Å². The van der Waals surface area contributed by atoms with Gasteiger partial charge in [0, 0.05) is 7.05 Å². The molecule has 2 aromatic heterocycles. The van der Waals surface area contributed by atoms with E-state index in [1.54, 1.807) is 20.5 Å². The quantitative estimate of drug-likeness (QED) is 0.774. The van der Waals surface area contributed by atoms with Gasteiger partial charge in [-0.3, -0.25) is 4.57 Å². The monoisotopic (exact) mass is 255 g/mol. The number of hydrogen-bond donors (Lipinski definition) is 1. The van der Waals surface area contributed by atoms with Gasteiger partial charge in [0.2, 0.25) is 5.75 Å². The number of nitrogens with one attached hydrogen (secondary N) is 1. The normalized spacial score (nSPS) is 10.6. The average Bonchev–Trinajstić information content (AvgIpc) is 2.90. The van der Waals surface area contributed by atoms with Crippen molar-refractivity contribution in [1.82, 2.24) is 19.5 Å². The van der Waals surface area contributed by atoms with Crippen LogP contribution in [0.2, 0.25) is 0 Å². The van der Waals surface area contributed by atoms with Crippen molar-refractivity contribution in [2.75, 3.05) is 19.5 Å². The number of aromatic nitrogens is 4. The number of para-hydroxylation sites is 2. The number of nitrogens with zero attached hydrogens (tertiary/aromatic N) is 4. The lowest BCUT2D eigenvalue weighted by molar-refractivity contribution is 0.411. The van der Waals surface area contributed by atoms with Crippen molar-refractivity contribution in [3.63, 3.8) is 0 Å². The number of hydrogen-bond acceptors (Lipinski definition) is 5. The Morgan fingerprint density at radius 3 is 2.79 bits per heavy atom. The molecule has 96 valence electrons. The van der Waals surface area contributed by atoms with Crippen LogP contribution >= 0.6 is 0 Å². The number of fused-ring (bicyclic) bond motifs is 1. The van der Waals surface area contributed by atoms with E-state index in [4.69, 9.17) is 4.74 Å². The molecule has 0 aliphatic carbocycles. The molecule has 0 aliphatic heterocycles. The molecule has 6 heteroatoms. The van der Waals surface area contributed by atoms with E-state index in [-0.39, 0.29) is 0 Å². The highest BCUT2D eigenvalue weighted by Gasteiger charge is 2.14. The van der Waals surface area contributed by atoms with E-state index in [0.717, 1.165) is 11.0 Å². The summed E-state index contributed by atoms with van der Waals surface area (Å²) in [5.41, 5.74) is 1.88. The van der Waals surface area contributed by atoms with Gasteiger partial charge < -0.3 is 10.1 Å². The highest BCUT2D eigenvalue weighted by atomic mass is 16.5. The Kier molecular flexibility index (Phi) is 2.75. The van der Waals surface area contributed by atoms with Crippen LogP contribution in [0.15, 0.2) is 36.9 Å². The Morgan fingerprint density at radius 1 is 1.16 bits per heavy atom. The number of anilines is 1. The summed E-state index contributed by atoms with van der Waals surface area (Å²) in [5.74, 6) is 1.90. The molecule has 0 unspecified atom stereocenters. The van der Waals surface area contributed by atoms with Crippen molar-refractivity contribution in [2.24, 2.45) is 0 Å². The molecule has 0 atom stereocenters. The Bertz CT molecular complexity index is 722. The van der Waals surface area contributed by atoms with E-state index in [1.807, 2.05) is 28.8 Å². The van der Waals surface area contributed by atoms with E-state index in [1.165, 1.54) is 6.33 Å². The minimum Gasteiger partial charge on any atom is -0.490 e. The van der Waals surface area contributed by atoms with Crippen LogP contribution in [0.4, 0.5) is 5.82 Å². The zero-order valence-corrected chi connectivity index (χ0v) is 10.7. The van der Waals surface area contributed by atoms with Crippen LogP contribution in [0.1, 0.15) is 0 Å². The smallest absolute Gasteiger partial charge is 0.205 e. The first kappa shape index (κ1) is 11.5. The summed E-state index contributed by atoms with van der Waals surface area (Å²) >= 11 is 0. The van der Waals surface area contributed by atoms with Crippen LogP contribution in [0.5, 0.6) is 5.75 Å². The molecule has 0 aliphatic rings. The van der Waals surface area contributed by atoms with E-state index < -0.39 is 0 Å². The minimum atomic E-state index is 0.591. The predicted molar refractivity (Wildman–Crippen MR) is 72.8 cm³/mol. The third-order valence-electron chi connectivity index (χ3n) is 2.91. The Balaban J connectivity index is 2.27. The van der Waals surface area contributed by atoms with E-state index in [2.05, 4.69) is 20.3 Å². The highest BCUT2D eigenvalue weighted by Crippen LogP contribution is 2.29. The van der Waals surface area contributed by atoms with Crippen LogP contribution in [0.25, 0.3) is 16.9 Å². The molecule has 1 aromatic carbocycles. The first-order valence-electron chi connectivity index (χ1n) is 5.84. The van der Waals surface area contributed by atoms with Gasteiger partial charge in [-0.2, -0.15) is 0 Å². The molecule has 3 rings (SSSR count). The maximum absolute atomic E-state index is 5.40. The molecule has 19 heavy (non-hydrogen) atoms. The molecular weight excluding hydrogens is 242 g/mol. The Hall–Kier alpha value is -2.63. The molecule has 0 bridgehead atoms. The Labute approximate surface area is 110 Å². The lowest BCUT2D eigenvalue weighted by Gasteiger charge is -2.11. The van der Waals surface area contributed by atoms with Crippen molar-refractivity contribution in [3.05, 3.63) is 36.9 Å². The third-order valence-corrected chi connectivity index (χ3v) is 2.91. The molecule has 3 aromatic rings. The lowest BCUT2D eigenvalue weighted by Crippen LogP contribution is -2.05. The van der Waals surface area contributed by atoms with Gasteiger partial charge in [0.1, 0.15) is 12.7 Å². The highest BCUT2D eigenvalue weighted by molar-refractivity contribution is 5.78. The SMILES string of the molecule is CNc1ncnc(-n2cnc3ccccc32)c1OC. The number of rotatable bonds is 3. The number of ether oxygens (including phenoxy) is 1. The van der Waals surface area contributed by atoms with Gasteiger partial charge in [-0.1, -0.05) is 12.1 Å². The summed E-state index contributed by atoms with van der Waals surface area (Å²) < 4.78 is 7.29. The van der Waals surface area contributed by atoms with Crippen molar-refractivity contribution >= 4 is 16.9 Å². The lowest BCUT2D eigenvalue weighted by atomic mass is 10.3. The summed E-state index contributed by atoms with van der Waals surface area (Å²) in [4.78, 5) is 12.8. The van der Waals surface area contributed by atoms with Gasteiger partial charge in [0.15, 0.2) is 11.6 Å². The maximum atomic E-state index is 5.40. The molecule has 0 amide bonds. The second kappa shape index (κ2) is 4.56. The fourth-order valence-electron chi connectivity index (χ4n) is 2.03. The molecule has 0 spiro atoms. The third kappa shape index (κ3) is 1.77. The molecule has 0 radical (unpaired) electrons. The van der Waals surface area contributed by atoms with Gasteiger partial charge >= 0.3 is 0 Å². The Morgan fingerprint density at radius 2 is 2.00 bits per heavy atom. The number of benzene rings is 1. The number of methoxy groups -OCH3 is 1.